The van der Waals surface area contributed by atoms with Crippen molar-refractivity contribution in [3.63, 3.8) is 0 Å². The van der Waals surface area contributed by atoms with E-state index in [0.29, 0.717) is 27.4 Å². The van der Waals surface area contributed by atoms with Gasteiger partial charge in [0.1, 0.15) is 5.82 Å². The number of anilines is 1. The maximum Gasteiger partial charge on any atom is 0.257 e. The van der Waals surface area contributed by atoms with Gasteiger partial charge in [0.15, 0.2) is 17.3 Å². The van der Waals surface area contributed by atoms with Crippen molar-refractivity contribution in [1.29, 1.82) is 0 Å². The van der Waals surface area contributed by atoms with E-state index in [1.54, 1.807) is 26.4 Å². The van der Waals surface area contributed by atoms with Crippen LogP contribution in [0.1, 0.15) is 10.4 Å². The number of nitrogens with one attached hydrogen (secondary N) is 1. The average Bonchev–Trinajstić information content (AvgIpc) is 3.27. The van der Waals surface area contributed by atoms with Gasteiger partial charge in [-0.15, -0.1) is 15.3 Å². The van der Waals surface area contributed by atoms with Crippen LogP contribution in [0.15, 0.2) is 42.5 Å². The van der Waals surface area contributed by atoms with Gasteiger partial charge in [-0.1, -0.05) is 17.4 Å². The molecule has 0 aliphatic heterocycles. The Morgan fingerprint density at radius 2 is 1.93 bits per heavy atom. The summed E-state index contributed by atoms with van der Waals surface area (Å²) in [5, 5.41) is 15.6. The molecule has 4 rings (SSSR count). The van der Waals surface area contributed by atoms with Crippen molar-refractivity contribution in [1.82, 2.24) is 19.8 Å². The van der Waals surface area contributed by atoms with Crippen molar-refractivity contribution in [3.8, 4) is 22.9 Å². The van der Waals surface area contributed by atoms with Crippen LogP contribution < -0.4 is 14.8 Å². The van der Waals surface area contributed by atoms with E-state index in [1.807, 2.05) is 6.07 Å². The number of methoxy groups -OCH3 is 2. The van der Waals surface area contributed by atoms with Gasteiger partial charge in [0.05, 0.1) is 14.2 Å². The molecule has 0 atom stereocenters. The zero-order valence-corrected chi connectivity index (χ0v) is 15.7. The highest BCUT2D eigenvalue weighted by Gasteiger charge is 2.17. The number of carbonyl (C=O) groups excluding carboxylic acids is 1. The van der Waals surface area contributed by atoms with Crippen LogP contribution in [0.3, 0.4) is 0 Å². The van der Waals surface area contributed by atoms with Crippen LogP contribution in [0.25, 0.3) is 16.3 Å². The number of nitrogens with zero attached hydrogens (tertiary/aromatic N) is 4. The zero-order valence-electron chi connectivity index (χ0n) is 14.8. The maximum absolute atomic E-state index is 13.3. The first kappa shape index (κ1) is 17.9. The van der Waals surface area contributed by atoms with E-state index < -0.39 is 11.7 Å². The number of carbonyl (C=O) groups is 1. The van der Waals surface area contributed by atoms with Crippen molar-refractivity contribution >= 4 is 27.3 Å². The Morgan fingerprint density at radius 1 is 1.11 bits per heavy atom. The van der Waals surface area contributed by atoms with Gasteiger partial charge in [0.2, 0.25) is 10.1 Å². The first-order valence-electron chi connectivity index (χ1n) is 8.10. The van der Waals surface area contributed by atoms with Gasteiger partial charge < -0.3 is 9.47 Å². The number of fused-ring (bicyclic) bond motifs is 1. The molecule has 10 heteroatoms. The molecule has 2 aromatic carbocycles. The van der Waals surface area contributed by atoms with E-state index in [0.717, 1.165) is 23.0 Å². The van der Waals surface area contributed by atoms with Gasteiger partial charge in [-0.25, -0.2) is 4.39 Å². The summed E-state index contributed by atoms with van der Waals surface area (Å²) in [5.41, 5.74) is 0.921. The summed E-state index contributed by atoms with van der Waals surface area (Å²) in [6.07, 6.45) is 0. The minimum Gasteiger partial charge on any atom is -0.493 e. The van der Waals surface area contributed by atoms with Crippen LogP contribution in [-0.2, 0) is 0 Å². The first-order valence-corrected chi connectivity index (χ1v) is 8.92. The summed E-state index contributed by atoms with van der Waals surface area (Å²) in [5.74, 6) is 0.678. The Kier molecular flexibility index (Phi) is 4.62. The summed E-state index contributed by atoms with van der Waals surface area (Å²) in [6, 6.07) is 10.8. The highest BCUT2D eigenvalue weighted by Crippen LogP contribution is 2.32. The number of rotatable bonds is 5. The third kappa shape index (κ3) is 3.25. The number of halogens is 1. The van der Waals surface area contributed by atoms with Crippen LogP contribution in [-0.4, -0.2) is 39.9 Å². The summed E-state index contributed by atoms with van der Waals surface area (Å²) in [4.78, 5) is 12.8. The van der Waals surface area contributed by atoms with Gasteiger partial charge in [0.25, 0.3) is 5.91 Å². The van der Waals surface area contributed by atoms with E-state index in [2.05, 4.69) is 20.6 Å². The Balaban J connectivity index is 1.65. The fraction of sp³-hybridized carbons (Fsp3) is 0.111. The molecule has 0 fully saturated rings. The van der Waals surface area contributed by atoms with E-state index >= 15 is 0 Å². The second kappa shape index (κ2) is 7.24. The number of hydrogen-bond donors (Lipinski definition) is 1. The summed E-state index contributed by atoms with van der Waals surface area (Å²) >= 11 is 1.15. The average molecular weight is 399 g/mol. The molecule has 0 bridgehead atoms. The van der Waals surface area contributed by atoms with Gasteiger partial charge in [0, 0.05) is 11.1 Å². The van der Waals surface area contributed by atoms with Crippen molar-refractivity contribution in [2.75, 3.05) is 19.5 Å². The predicted molar refractivity (Wildman–Crippen MR) is 102 cm³/mol. The zero-order chi connectivity index (χ0) is 19.7. The fourth-order valence-electron chi connectivity index (χ4n) is 2.62. The second-order valence-electron chi connectivity index (χ2n) is 5.66. The third-order valence-corrected chi connectivity index (χ3v) is 4.75. The number of hydrogen-bond acceptors (Lipinski definition) is 7. The molecule has 0 saturated heterocycles. The molecule has 4 aromatic rings. The SMILES string of the molecule is COc1ccc(-c2nnc3sc(NC(=O)c4cccc(F)c4)nn23)cc1OC. The molecule has 2 aromatic heterocycles. The van der Waals surface area contributed by atoms with Crippen LogP contribution >= 0.6 is 11.3 Å². The summed E-state index contributed by atoms with van der Waals surface area (Å²) < 4.78 is 25.4. The predicted octanol–water partition coefficient (Wildman–Crippen LogP) is 3.26. The molecule has 0 aliphatic rings. The molecule has 1 amide bonds. The first-order chi connectivity index (χ1) is 13.6. The monoisotopic (exact) mass is 399 g/mol. The van der Waals surface area contributed by atoms with Crippen LogP contribution in [0.4, 0.5) is 9.52 Å². The third-order valence-electron chi connectivity index (χ3n) is 3.94. The summed E-state index contributed by atoms with van der Waals surface area (Å²) in [7, 11) is 3.10. The minimum absolute atomic E-state index is 0.200. The van der Waals surface area contributed by atoms with E-state index in [-0.39, 0.29) is 5.56 Å². The Labute approximate surface area is 162 Å². The molecule has 1 N–H and O–H groups in total. The lowest BCUT2D eigenvalue weighted by atomic mass is 10.2. The van der Waals surface area contributed by atoms with Gasteiger partial charge in [-0.05, 0) is 36.4 Å². The van der Waals surface area contributed by atoms with Crippen LogP contribution in [0.2, 0.25) is 0 Å². The lowest BCUT2D eigenvalue weighted by Crippen LogP contribution is -2.12. The molecule has 0 unspecified atom stereocenters. The number of amides is 1. The normalized spacial score (nSPS) is 10.8. The Morgan fingerprint density at radius 3 is 2.68 bits per heavy atom. The minimum atomic E-state index is -0.485. The number of benzene rings is 2. The smallest absolute Gasteiger partial charge is 0.257 e. The Bertz CT molecular complexity index is 1170. The lowest BCUT2D eigenvalue weighted by molar-refractivity contribution is 0.102. The maximum atomic E-state index is 13.3. The van der Waals surface area contributed by atoms with Crippen molar-refractivity contribution in [2.45, 2.75) is 0 Å². The molecular weight excluding hydrogens is 385 g/mol. The van der Waals surface area contributed by atoms with Crippen LogP contribution in [0, 0.1) is 5.82 Å². The van der Waals surface area contributed by atoms with Gasteiger partial charge in [-0.2, -0.15) is 4.52 Å². The van der Waals surface area contributed by atoms with Crippen molar-refractivity contribution in [3.05, 3.63) is 53.8 Å². The second-order valence-corrected chi connectivity index (χ2v) is 6.62. The molecular formula is C18H14FN5O3S. The van der Waals surface area contributed by atoms with Gasteiger partial charge >= 0.3 is 0 Å². The van der Waals surface area contributed by atoms with Crippen molar-refractivity contribution in [2.24, 2.45) is 0 Å². The number of ether oxygens (including phenoxy) is 2. The largest absolute Gasteiger partial charge is 0.493 e. The van der Waals surface area contributed by atoms with Gasteiger partial charge in [-0.3, -0.25) is 10.1 Å². The fourth-order valence-corrected chi connectivity index (χ4v) is 3.36. The molecule has 28 heavy (non-hydrogen) atoms. The Hall–Kier alpha value is -3.53. The number of aromatic nitrogens is 4. The topological polar surface area (TPSA) is 90.6 Å². The van der Waals surface area contributed by atoms with E-state index in [1.165, 1.54) is 22.7 Å². The van der Waals surface area contributed by atoms with Crippen LogP contribution in [0.5, 0.6) is 11.5 Å². The molecule has 0 aliphatic carbocycles. The molecule has 2 heterocycles. The molecule has 0 radical (unpaired) electrons. The molecule has 0 spiro atoms. The molecule has 142 valence electrons. The molecule has 0 saturated carbocycles. The van der Waals surface area contributed by atoms with Crippen molar-refractivity contribution < 1.29 is 18.7 Å². The standard InChI is InChI=1S/C18H14FN5O3S/c1-26-13-7-6-10(9-14(13)27-2)15-21-22-18-24(15)23-17(28-18)20-16(25)11-4-3-5-12(19)8-11/h3-9H,1-2H3,(H,20,23,25). The highest BCUT2D eigenvalue weighted by molar-refractivity contribution is 7.20. The molecule has 8 nitrogen and oxygen atoms in total. The van der Waals surface area contributed by atoms with E-state index in [4.69, 9.17) is 9.47 Å². The lowest BCUT2D eigenvalue weighted by Gasteiger charge is -2.08. The highest BCUT2D eigenvalue weighted by atomic mass is 32.1. The summed E-state index contributed by atoms with van der Waals surface area (Å²) in [6.45, 7) is 0. The van der Waals surface area contributed by atoms with E-state index in [9.17, 15) is 9.18 Å². The quantitative estimate of drug-likeness (QED) is 0.554.